The van der Waals surface area contributed by atoms with Crippen molar-refractivity contribution in [2.45, 2.75) is 6.92 Å². The highest BCUT2D eigenvalue weighted by Crippen LogP contribution is 2.12. The van der Waals surface area contributed by atoms with Crippen molar-refractivity contribution in [3.8, 4) is 0 Å². The van der Waals surface area contributed by atoms with Gasteiger partial charge in [-0.1, -0.05) is 12.1 Å². The molecule has 0 unspecified atom stereocenters. The molecule has 0 aliphatic carbocycles. The third kappa shape index (κ3) is 4.67. The second-order valence-electron chi connectivity index (χ2n) is 6.05. The maximum atomic E-state index is 12.9. The number of aromatic nitrogens is 2. The van der Waals surface area contributed by atoms with E-state index in [9.17, 15) is 14.0 Å². The number of amides is 2. The van der Waals surface area contributed by atoms with E-state index in [-0.39, 0.29) is 11.6 Å². The zero-order chi connectivity index (χ0) is 20.1. The lowest BCUT2D eigenvalue weighted by molar-refractivity contribution is 0.0948. The SMILES string of the molecule is CC(=NNC(=O)c1ccn(C)n1)c1ccc(NC(=O)c2ccc(F)cc2)cc1. The largest absolute Gasteiger partial charge is 0.322 e. The fraction of sp³-hybridized carbons (Fsp3) is 0.100. The molecule has 1 aromatic heterocycles. The van der Waals surface area contributed by atoms with E-state index < -0.39 is 11.7 Å². The number of carbonyl (C=O) groups is 2. The zero-order valence-corrected chi connectivity index (χ0v) is 15.3. The average Bonchev–Trinajstić information content (AvgIpc) is 3.13. The van der Waals surface area contributed by atoms with Gasteiger partial charge in [-0.3, -0.25) is 14.3 Å². The van der Waals surface area contributed by atoms with Crippen molar-refractivity contribution < 1.29 is 14.0 Å². The number of carbonyl (C=O) groups excluding carboxylic acids is 2. The molecule has 3 rings (SSSR count). The van der Waals surface area contributed by atoms with Gasteiger partial charge in [0.05, 0.1) is 5.71 Å². The molecule has 0 radical (unpaired) electrons. The Bertz CT molecular complexity index is 1020. The lowest BCUT2D eigenvalue weighted by atomic mass is 10.1. The van der Waals surface area contributed by atoms with Gasteiger partial charge in [0.15, 0.2) is 5.69 Å². The first-order valence-corrected chi connectivity index (χ1v) is 8.44. The van der Waals surface area contributed by atoms with Crippen LogP contribution in [0, 0.1) is 5.82 Å². The minimum atomic E-state index is -0.400. The number of hydrogen-bond donors (Lipinski definition) is 2. The predicted octanol–water partition coefficient (Wildman–Crippen LogP) is 2.97. The lowest BCUT2D eigenvalue weighted by Crippen LogP contribution is -2.20. The lowest BCUT2D eigenvalue weighted by Gasteiger charge is -2.07. The summed E-state index contributed by atoms with van der Waals surface area (Å²) >= 11 is 0. The van der Waals surface area contributed by atoms with Crippen LogP contribution >= 0.6 is 0 Å². The van der Waals surface area contributed by atoms with E-state index in [0.717, 1.165) is 5.56 Å². The molecule has 8 heteroatoms. The highest BCUT2D eigenvalue weighted by Gasteiger charge is 2.09. The second-order valence-corrected chi connectivity index (χ2v) is 6.05. The number of hydrazone groups is 1. The van der Waals surface area contributed by atoms with Gasteiger partial charge < -0.3 is 5.32 Å². The second kappa shape index (κ2) is 8.26. The van der Waals surface area contributed by atoms with Gasteiger partial charge >= 0.3 is 0 Å². The molecular formula is C20H18FN5O2. The normalized spacial score (nSPS) is 11.2. The van der Waals surface area contributed by atoms with Crippen molar-refractivity contribution in [3.05, 3.63) is 83.4 Å². The number of aryl methyl sites for hydroxylation is 1. The van der Waals surface area contributed by atoms with Crippen molar-refractivity contribution in [1.29, 1.82) is 0 Å². The molecule has 0 saturated heterocycles. The van der Waals surface area contributed by atoms with E-state index in [0.29, 0.717) is 17.0 Å². The maximum absolute atomic E-state index is 12.9. The molecule has 0 aliphatic rings. The number of rotatable bonds is 5. The number of anilines is 1. The summed E-state index contributed by atoms with van der Waals surface area (Å²) in [6.07, 6.45) is 1.67. The highest BCUT2D eigenvalue weighted by atomic mass is 19.1. The van der Waals surface area contributed by atoms with Crippen molar-refractivity contribution in [2.24, 2.45) is 12.1 Å². The van der Waals surface area contributed by atoms with Gasteiger partial charge in [0.25, 0.3) is 11.8 Å². The molecule has 0 aliphatic heterocycles. The smallest absolute Gasteiger partial charge is 0.291 e. The first kappa shape index (κ1) is 19.0. The van der Waals surface area contributed by atoms with Crippen LogP contribution in [-0.4, -0.2) is 27.3 Å². The molecule has 0 atom stereocenters. The Labute approximate surface area is 160 Å². The molecule has 2 N–H and O–H groups in total. The Morgan fingerprint density at radius 1 is 0.964 bits per heavy atom. The van der Waals surface area contributed by atoms with E-state index in [2.05, 4.69) is 20.9 Å². The molecule has 7 nitrogen and oxygen atoms in total. The zero-order valence-electron chi connectivity index (χ0n) is 15.3. The number of benzene rings is 2. The monoisotopic (exact) mass is 379 g/mol. The summed E-state index contributed by atoms with van der Waals surface area (Å²) in [4.78, 5) is 24.1. The third-order valence-electron chi connectivity index (χ3n) is 3.94. The van der Waals surface area contributed by atoms with Crippen molar-refractivity contribution in [2.75, 3.05) is 5.32 Å². The van der Waals surface area contributed by atoms with Gasteiger partial charge in [0.2, 0.25) is 0 Å². The van der Waals surface area contributed by atoms with Gasteiger partial charge in [0, 0.05) is 24.5 Å². The van der Waals surface area contributed by atoms with Gasteiger partial charge in [-0.15, -0.1) is 0 Å². The molecule has 3 aromatic rings. The molecule has 0 bridgehead atoms. The first-order chi connectivity index (χ1) is 13.4. The van der Waals surface area contributed by atoms with Crippen LogP contribution in [0.5, 0.6) is 0 Å². The van der Waals surface area contributed by atoms with Crippen LogP contribution in [-0.2, 0) is 7.05 Å². The van der Waals surface area contributed by atoms with E-state index in [4.69, 9.17) is 0 Å². The van der Waals surface area contributed by atoms with Crippen molar-refractivity contribution in [3.63, 3.8) is 0 Å². The summed E-state index contributed by atoms with van der Waals surface area (Å²) in [7, 11) is 1.72. The van der Waals surface area contributed by atoms with Crippen LogP contribution in [0.15, 0.2) is 65.9 Å². The van der Waals surface area contributed by atoms with Crippen LogP contribution in [0.25, 0.3) is 0 Å². The summed E-state index contributed by atoms with van der Waals surface area (Å²) in [5.74, 6) is -1.13. The van der Waals surface area contributed by atoms with E-state index in [1.165, 1.54) is 28.9 Å². The van der Waals surface area contributed by atoms with Crippen LogP contribution in [0.3, 0.4) is 0 Å². The minimum absolute atomic E-state index is 0.276. The molecule has 1 heterocycles. The van der Waals surface area contributed by atoms with Gasteiger partial charge in [0.1, 0.15) is 5.82 Å². The molecule has 2 amide bonds. The van der Waals surface area contributed by atoms with E-state index >= 15 is 0 Å². The molecule has 0 saturated carbocycles. The quantitative estimate of drug-likeness (QED) is 0.528. The van der Waals surface area contributed by atoms with Gasteiger partial charge in [-0.05, 0) is 55.0 Å². The molecule has 0 fully saturated rings. The summed E-state index contributed by atoms with van der Waals surface area (Å²) in [5, 5.41) is 10.8. The molecule has 142 valence electrons. The average molecular weight is 379 g/mol. The molecule has 28 heavy (non-hydrogen) atoms. The van der Waals surface area contributed by atoms with Crippen molar-refractivity contribution >= 4 is 23.2 Å². The fourth-order valence-electron chi connectivity index (χ4n) is 2.39. The van der Waals surface area contributed by atoms with Crippen LogP contribution < -0.4 is 10.7 Å². The summed E-state index contributed by atoms with van der Waals surface area (Å²) in [6.45, 7) is 1.75. The standard InChI is InChI=1S/C20H18FN5O2/c1-13(23-24-20(28)18-11-12-26(2)25-18)14-5-9-17(10-6-14)22-19(27)15-3-7-16(21)8-4-15/h3-12H,1-2H3,(H,22,27)(H,24,28). The van der Waals surface area contributed by atoms with E-state index in [1.54, 1.807) is 50.5 Å². The highest BCUT2D eigenvalue weighted by molar-refractivity contribution is 6.05. The number of nitrogens with zero attached hydrogens (tertiary/aromatic N) is 3. The Morgan fingerprint density at radius 3 is 2.21 bits per heavy atom. The molecular weight excluding hydrogens is 361 g/mol. The number of halogens is 1. The van der Waals surface area contributed by atoms with Crippen LogP contribution in [0.2, 0.25) is 0 Å². The maximum Gasteiger partial charge on any atom is 0.291 e. The Kier molecular flexibility index (Phi) is 5.59. The minimum Gasteiger partial charge on any atom is -0.322 e. The Hall–Kier alpha value is -3.81. The fourth-order valence-corrected chi connectivity index (χ4v) is 2.39. The predicted molar refractivity (Wildman–Crippen MR) is 104 cm³/mol. The Balaban J connectivity index is 1.62. The third-order valence-corrected chi connectivity index (χ3v) is 3.94. The summed E-state index contributed by atoms with van der Waals surface area (Å²) < 4.78 is 14.5. The number of hydrogen-bond acceptors (Lipinski definition) is 4. The van der Waals surface area contributed by atoms with E-state index in [1.807, 2.05) is 0 Å². The Morgan fingerprint density at radius 2 is 1.61 bits per heavy atom. The van der Waals surface area contributed by atoms with Gasteiger partial charge in [-0.25, -0.2) is 9.82 Å². The van der Waals surface area contributed by atoms with Crippen LogP contribution in [0.4, 0.5) is 10.1 Å². The number of nitrogens with one attached hydrogen (secondary N) is 2. The first-order valence-electron chi connectivity index (χ1n) is 8.44. The summed E-state index contributed by atoms with van der Waals surface area (Å²) in [6, 6.07) is 13.9. The van der Waals surface area contributed by atoms with Crippen LogP contribution in [0.1, 0.15) is 33.3 Å². The summed E-state index contributed by atoms with van der Waals surface area (Å²) in [5.41, 5.74) is 5.06. The van der Waals surface area contributed by atoms with Gasteiger partial charge in [-0.2, -0.15) is 10.2 Å². The molecule has 2 aromatic carbocycles. The topological polar surface area (TPSA) is 88.4 Å². The van der Waals surface area contributed by atoms with Crippen molar-refractivity contribution in [1.82, 2.24) is 15.2 Å². The molecule has 0 spiro atoms.